The Hall–Kier alpha value is -2.77. The van der Waals surface area contributed by atoms with Crippen LogP contribution in [0.2, 0.25) is 0 Å². The Morgan fingerprint density at radius 2 is 1.85 bits per heavy atom. The average Bonchev–Trinajstić information content (AvgIpc) is 2.31. The van der Waals surface area contributed by atoms with E-state index in [1.54, 1.807) is 0 Å². The van der Waals surface area contributed by atoms with Crippen molar-refractivity contribution in [2.75, 3.05) is 5.32 Å². The van der Waals surface area contributed by atoms with E-state index >= 15 is 0 Å². The van der Waals surface area contributed by atoms with E-state index in [1.807, 2.05) is 4.98 Å². The highest BCUT2D eigenvalue weighted by Crippen LogP contribution is 2.12. The summed E-state index contributed by atoms with van der Waals surface area (Å²) in [4.78, 5) is 35.8. The third-order valence-corrected chi connectivity index (χ3v) is 2.36. The number of H-pyrrole nitrogens is 1. The number of anilines is 1. The van der Waals surface area contributed by atoms with Crippen LogP contribution in [0.4, 0.5) is 14.5 Å². The largest absolute Gasteiger partial charge is 0.328 e. The Bertz CT molecular complexity index is 747. The summed E-state index contributed by atoms with van der Waals surface area (Å²) in [5, 5.41) is 2.24. The van der Waals surface area contributed by atoms with Crippen molar-refractivity contribution in [3.63, 3.8) is 0 Å². The summed E-state index contributed by atoms with van der Waals surface area (Å²) >= 11 is 0. The molecule has 0 spiro atoms. The number of halogens is 2. The van der Waals surface area contributed by atoms with E-state index in [1.165, 1.54) is 0 Å². The van der Waals surface area contributed by atoms with Gasteiger partial charge in [-0.25, -0.2) is 13.6 Å². The predicted molar refractivity (Wildman–Crippen MR) is 66.3 cm³/mol. The molecule has 1 heterocycles. The van der Waals surface area contributed by atoms with Crippen LogP contribution in [0, 0.1) is 11.6 Å². The Labute approximate surface area is 110 Å². The van der Waals surface area contributed by atoms with Crippen molar-refractivity contribution in [1.82, 2.24) is 9.55 Å². The summed E-state index contributed by atoms with van der Waals surface area (Å²) < 4.78 is 26.8. The van der Waals surface area contributed by atoms with E-state index in [-0.39, 0.29) is 5.69 Å². The SMILES string of the molecule is O=C(Cn1ccc(=O)[nH]c1=O)Nc1cc(F)cc(F)c1. The van der Waals surface area contributed by atoms with Gasteiger partial charge in [0.15, 0.2) is 0 Å². The molecule has 1 aromatic carbocycles. The summed E-state index contributed by atoms with van der Waals surface area (Å²) in [6.07, 6.45) is 1.15. The number of hydrogen-bond donors (Lipinski definition) is 2. The first-order chi connectivity index (χ1) is 9.44. The first-order valence-electron chi connectivity index (χ1n) is 5.50. The summed E-state index contributed by atoms with van der Waals surface area (Å²) in [7, 11) is 0. The molecule has 20 heavy (non-hydrogen) atoms. The third kappa shape index (κ3) is 3.37. The van der Waals surface area contributed by atoms with Gasteiger partial charge in [-0.2, -0.15) is 0 Å². The lowest BCUT2D eigenvalue weighted by Gasteiger charge is -2.07. The number of amides is 1. The number of rotatable bonds is 3. The normalized spacial score (nSPS) is 10.3. The molecule has 2 aromatic rings. The van der Waals surface area contributed by atoms with Crippen LogP contribution in [-0.2, 0) is 11.3 Å². The number of carbonyl (C=O) groups excluding carboxylic acids is 1. The zero-order valence-corrected chi connectivity index (χ0v) is 10.0. The second kappa shape index (κ2) is 5.47. The van der Waals surface area contributed by atoms with Crippen LogP contribution in [0.3, 0.4) is 0 Å². The van der Waals surface area contributed by atoms with Crippen molar-refractivity contribution in [1.29, 1.82) is 0 Å². The van der Waals surface area contributed by atoms with Crippen molar-refractivity contribution in [3.8, 4) is 0 Å². The number of nitrogens with one attached hydrogen (secondary N) is 2. The Kier molecular flexibility index (Phi) is 3.74. The molecule has 2 N–H and O–H groups in total. The van der Waals surface area contributed by atoms with Crippen LogP contribution < -0.4 is 16.6 Å². The van der Waals surface area contributed by atoms with Crippen molar-refractivity contribution in [2.45, 2.75) is 6.54 Å². The minimum Gasteiger partial charge on any atom is -0.324 e. The fourth-order valence-electron chi connectivity index (χ4n) is 1.55. The standard InChI is InChI=1S/C12H9F2N3O3/c13-7-3-8(14)5-9(4-7)15-11(19)6-17-2-1-10(18)16-12(17)20/h1-5H,6H2,(H,15,19)(H,16,18,20). The van der Waals surface area contributed by atoms with Crippen LogP contribution in [0.15, 0.2) is 40.1 Å². The second-order valence-electron chi connectivity index (χ2n) is 3.94. The van der Waals surface area contributed by atoms with E-state index in [4.69, 9.17) is 0 Å². The molecule has 8 heteroatoms. The van der Waals surface area contributed by atoms with E-state index in [2.05, 4.69) is 5.32 Å². The molecule has 0 aliphatic heterocycles. The van der Waals surface area contributed by atoms with Gasteiger partial charge in [0.25, 0.3) is 5.56 Å². The van der Waals surface area contributed by atoms with Gasteiger partial charge in [-0.05, 0) is 12.1 Å². The molecule has 0 radical (unpaired) electrons. The third-order valence-electron chi connectivity index (χ3n) is 2.36. The zero-order valence-electron chi connectivity index (χ0n) is 10.0. The van der Waals surface area contributed by atoms with Crippen LogP contribution in [-0.4, -0.2) is 15.5 Å². The molecule has 1 amide bonds. The zero-order chi connectivity index (χ0) is 14.7. The molecule has 0 fully saturated rings. The van der Waals surface area contributed by atoms with Crippen molar-refractivity contribution in [2.24, 2.45) is 0 Å². The monoisotopic (exact) mass is 281 g/mol. The van der Waals surface area contributed by atoms with E-state index in [0.717, 1.165) is 29.0 Å². The van der Waals surface area contributed by atoms with Gasteiger partial charge in [0, 0.05) is 24.0 Å². The predicted octanol–water partition coefficient (Wildman–Crippen LogP) is 0.453. The maximum absolute atomic E-state index is 12.9. The van der Waals surface area contributed by atoms with Crippen molar-refractivity contribution in [3.05, 3.63) is 62.9 Å². The molecule has 2 rings (SSSR count). The minimum absolute atomic E-state index is 0.0648. The Balaban J connectivity index is 2.13. The number of benzene rings is 1. The molecule has 0 aliphatic carbocycles. The van der Waals surface area contributed by atoms with Gasteiger partial charge in [0.1, 0.15) is 18.2 Å². The van der Waals surface area contributed by atoms with Gasteiger partial charge >= 0.3 is 5.69 Å². The number of hydrogen-bond acceptors (Lipinski definition) is 3. The number of carbonyl (C=O) groups is 1. The highest BCUT2D eigenvalue weighted by atomic mass is 19.1. The lowest BCUT2D eigenvalue weighted by atomic mass is 10.3. The van der Waals surface area contributed by atoms with Gasteiger partial charge in [0.05, 0.1) is 0 Å². The average molecular weight is 281 g/mol. The Morgan fingerprint density at radius 1 is 1.20 bits per heavy atom. The van der Waals surface area contributed by atoms with Gasteiger partial charge in [-0.15, -0.1) is 0 Å². The quantitative estimate of drug-likeness (QED) is 0.857. The highest BCUT2D eigenvalue weighted by molar-refractivity contribution is 5.90. The Morgan fingerprint density at radius 3 is 2.45 bits per heavy atom. The fourth-order valence-corrected chi connectivity index (χ4v) is 1.55. The summed E-state index contributed by atoms with van der Waals surface area (Å²) in [5.41, 5.74) is -1.40. The molecule has 1 aromatic heterocycles. The first-order valence-corrected chi connectivity index (χ1v) is 5.50. The van der Waals surface area contributed by atoms with E-state index < -0.39 is 35.3 Å². The van der Waals surface area contributed by atoms with Gasteiger partial charge in [-0.3, -0.25) is 19.1 Å². The van der Waals surface area contributed by atoms with Crippen molar-refractivity contribution >= 4 is 11.6 Å². The van der Waals surface area contributed by atoms with Crippen molar-refractivity contribution < 1.29 is 13.6 Å². The molecular formula is C12H9F2N3O3. The molecular weight excluding hydrogens is 272 g/mol. The molecule has 0 aliphatic rings. The van der Waals surface area contributed by atoms with Gasteiger partial charge in [0.2, 0.25) is 5.91 Å². The summed E-state index contributed by atoms with van der Waals surface area (Å²) in [5.74, 6) is -2.33. The lowest BCUT2D eigenvalue weighted by molar-refractivity contribution is -0.116. The molecule has 0 saturated heterocycles. The van der Waals surface area contributed by atoms with Crippen LogP contribution in [0.5, 0.6) is 0 Å². The van der Waals surface area contributed by atoms with E-state index in [0.29, 0.717) is 6.07 Å². The molecule has 0 bridgehead atoms. The second-order valence-corrected chi connectivity index (χ2v) is 3.94. The number of aromatic amines is 1. The summed E-state index contributed by atoms with van der Waals surface area (Å²) in [6, 6.07) is 3.63. The topological polar surface area (TPSA) is 84.0 Å². The molecule has 0 unspecified atom stereocenters. The van der Waals surface area contributed by atoms with Crippen LogP contribution in [0.25, 0.3) is 0 Å². The van der Waals surface area contributed by atoms with Gasteiger partial charge in [-0.1, -0.05) is 0 Å². The molecule has 0 saturated carbocycles. The molecule has 0 atom stereocenters. The minimum atomic E-state index is -0.832. The molecule has 104 valence electrons. The first kappa shape index (κ1) is 13.7. The smallest absolute Gasteiger partial charge is 0.324 e. The maximum Gasteiger partial charge on any atom is 0.328 e. The maximum atomic E-state index is 12.9. The van der Waals surface area contributed by atoms with Gasteiger partial charge < -0.3 is 5.32 Å². The number of nitrogens with zero attached hydrogens (tertiary/aromatic N) is 1. The van der Waals surface area contributed by atoms with Crippen LogP contribution in [0.1, 0.15) is 0 Å². The van der Waals surface area contributed by atoms with E-state index in [9.17, 15) is 23.2 Å². The number of aromatic nitrogens is 2. The summed E-state index contributed by atoms with van der Waals surface area (Å²) in [6.45, 7) is -0.395. The lowest BCUT2D eigenvalue weighted by Crippen LogP contribution is -2.32. The molecule has 6 nitrogen and oxygen atoms in total. The fraction of sp³-hybridized carbons (Fsp3) is 0.0833. The van der Waals surface area contributed by atoms with Crippen LogP contribution >= 0.6 is 0 Å². The highest BCUT2D eigenvalue weighted by Gasteiger charge is 2.07.